The molecule has 0 radical (unpaired) electrons. The molecule has 10 nitrogen and oxygen atoms in total. The maximum atomic E-state index is 13.5. The summed E-state index contributed by atoms with van der Waals surface area (Å²) < 4.78 is 34.3. The number of anilines is 1. The van der Waals surface area contributed by atoms with Crippen molar-refractivity contribution in [2.75, 3.05) is 25.2 Å². The molecule has 1 aliphatic rings. The van der Waals surface area contributed by atoms with Crippen molar-refractivity contribution in [3.8, 4) is 0 Å². The van der Waals surface area contributed by atoms with Crippen molar-refractivity contribution in [2.45, 2.75) is 25.7 Å². The van der Waals surface area contributed by atoms with Gasteiger partial charge < -0.3 is 4.74 Å². The second-order valence-corrected chi connectivity index (χ2v) is 9.37. The van der Waals surface area contributed by atoms with Crippen molar-refractivity contribution in [2.24, 2.45) is 7.05 Å². The third-order valence-electron chi connectivity index (χ3n) is 5.57. The number of benzene rings is 1. The largest absolute Gasteiger partial charge is 0.383 e. The number of imide groups is 1. The van der Waals surface area contributed by atoms with E-state index in [9.17, 15) is 18.0 Å². The number of carbonyl (C=O) groups is 2. The van der Waals surface area contributed by atoms with Crippen LogP contribution in [0.25, 0.3) is 10.9 Å². The number of rotatable bonds is 6. The molecule has 0 bridgehead atoms. The standard InChI is InChI=1S/C21H23N5O5S/c1-11-17-18(21(28)26(20(17)27)19-12(2)24-25(4)13(19)3)15-10-14(6-7-16(15)23-11)32(29,30)22-8-9-31-5/h6-7,10,22H,8-9H2,1-5H3. The number of nitrogens with one attached hydrogen (secondary N) is 1. The Balaban J connectivity index is 1.89. The van der Waals surface area contributed by atoms with Crippen LogP contribution < -0.4 is 9.62 Å². The number of hydrogen-bond acceptors (Lipinski definition) is 7. The van der Waals surface area contributed by atoms with Gasteiger partial charge in [0.1, 0.15) is 0 Å². The molecule has 0 unspecified atom stereocenters. The van der Waals surface area contributed by atoms with Gasteiger partial charge in [0.25, 0.3) is 11.8 Å². The highest BCUT2D eigenvalue weighted by Crippen LogP contribution is 2.37. The molecule has 3 aromatic rings. The van der Waals surface area contributed by atoms with Crippen LogP contribution in [0, 0.1) is 20.8 Å². The lowest BCUT2D eigenvalue weighted by atomic mass is 10.0. The number of pyridine rings is 1. The summed E-state index contributed by atoms with van der Waals surface area (Å²) in [5, 5.41) is 4.62. The predicted molar refractivity (Wildman–Crippen MR) is 117 cm³/mol. The molecular weight excluding hydrogens is 434 g/mol. The maximum Gasteiger partial charge on any atom is 0.268 e. The van der Waals surface area contributed by atoms with Crippen LogP contribution in [0.5, 0.6) is 0 Å². The minimum atomic E-state index is -3.84. The van der Waals surface area contributed by atoms with Crippen molar-refractivity contribution in [1.29, 1.82) is 0 Å². The molecule has 3 heterocycles. The molecule has 0 atom stereocenters. The summed E-state index contributed by atoms with van der Waals surface area (Å²) in [6, 6.07) is 4.34. The number of methoxy groups -OCH3 is 1. The minimum Gasteiger partial charge on any atom is -0.383 e. The molecule has 1 N–H and O–H groups in total. The van der Waals surface area contributed by atoms with Gasteiger partial charge in [0.2, 0.25) is 10.0 Å². The van der Waals surface area contributed by atoms with Crippen LogP contribution in [-0.4, -0.2) is 55.3 Å². The summed E-state index contributed by atoms with van der Waals surface area (Å²) in [4.78, 5) is 32.4. The first-order chi connectivity index (χ1) is 15.1. The maximum absolute atomic E-state index is 13.5. The molecule has 0 spiro atoms. The Kier molecular flexibility index (Phi) is 5.35. The van der Waals surface area contributed by atoms with Crippen LogP contribution in [0.2, 0.25) is 0 Å². The molecule has 1 aromatic carbocycles. The van der Waals surface area contributed by atoms with E-state index in [1.54, 1.807) is 32.5 Å². The van der Waals surface area contributed by atoms with Crippen LogP contribution in [0.4, 0.5) is 5.69 Å². The zero-order valence-electron chi connectivity index (χ0n) is 18.4. The third kappa shape index (κ3) is 3.29. The van der Waals surface area contributed by atoms with Gasteiger partial charge in [0.05, 0.1) is 50.9 Å². The Bertz CT molecular complexity index is 1390. The number of aromatic nitrogens is 3. The van der Waals surface area contributed by atoms with E-state index in [4.69, 9.17) is 4.74 Å². The van der Waals surface area contributed by atoms with Gasteiger partial charge in [-0.05, 0) is 39.0 Å². The molecule has 0 saturated carbocycles. The Morgan fingerprint density at radius 2 is 1.75 bits per heavy atom. The summed E-state index contributed by atoms with van der Waals surface area (Å²) in [5.41, 5.74) is 2.79. The predicted octanol–water partition coefficient (Wildman–Crippen LogP) is 1.62. The minimum absolute atomic E-state index is 0.0265. The number of hydrogen-bond donors (Lipinski definition) is 1. The lowest BCUT2D eigenvalue weighted by molar-refractivity contribution is 0.0926. The van der Waals surface area contributed by atoms with E-state index < -0.39 is 21.8 Å². The highest BCUT2D eigenvalue weighted by molar-refractivity contribution is 7.89. The van der Waals surface area contributed by atoms with Crippen molar-refractivity contribution in [1.82, 2.24) is 19.5 Å². The fourth-order valence-electron chi connectivity index (χ4n) is 3.98. The Labute approximate surface area is 185 Å². The Morgan fingerprint density at radius 1 is 1.06 bits per heavy atom. The second-order valence-electron chi connectivity index (χ2n) is 7.61. The van der Waals surface area contributed by atoms with Crippen molar-refractivity contribution < 1.29 is 22.7 Å². The summed E-state index contributed by atoms with van der Waals surface area (Å²) in [7, 11) is -0.629. The number of fused-ring (bicyclic) bond motifs is 3. The van der Waals surface area contributed by atoms with Crippen LogP contribution in [0.3, 0.4) is 0 Å². The Morgan fingerprint density at radius 3 is 2.38 bits per heavy atom. The van der Waals surface area contributed by atoms with Gasteiger partial charge >= 0.3 is 0 Å². The van der Waals surface area contributed by atoms with Gasteiger partial charge in [-0.2, -0.15) is 5.10 Å². The number of nitrogens with zero attached hydrogens (tertiary/aromatic N) is 4. The lowest BCUT2D eigenvalue weighted by Gasteiger charge is -2.14. The zero-order chi connectivity index (χ0) is 23.4. The molecule has 1 aliphatic heterocycles. The van der Waals surface area contributed by atoms with Gasteiger partial charge in [0.15, 0.2) is 0 Å². The monoisotopic (exact) mass is 457 g/mol. The number of sulfonamides is 1. The fourth-order valence-corrected chi connectivity index (χ4v) is 5.02. The van der Waals surface area contributed by atoms with Crippen LogP contribution in [0.15, 0.2) is 23.1 Å². The van der Waals surface area contributed by atoms with Gasteiger partial charge in [0, 0.05) is 26.1 Å². The topological polar surface area (TPSA) is 123 Å². The number of amides is 2. The number of aryl methyl sites for hydroxylation is 3. The van der Waals surface area contributed by atoms with Crippen molar-refractivity contribution in [3.63, 3.8) is 0 Å². The van der Waals surface area contributed by atoms with E-state index in [1.165, 1.54) is 25.3 Å². The molecule has 0 aliphatic carbocycles. The lowest BCUT2D eigenvalue weighted by Crippen LogP contribution is -2.30. The van der Waals surface area contributed by atoms with Gasteiger partial charge in [-0.3, -0.25) is 19.3 Å². The van der Waals surface area contributed by atoms with E-state index in [0.29, 0.717) is 33.7 Å². The highest BCUT2D eigenvalue weighted by Gasteiger charge is 2.42. The van der Waals surface area contributed by atoms with Gasteiger partial charge in [-0.1, -0.05) is 0 Å². The van der Waals surface area contributed by atoms with E-state index in [2.05, 4.69) is 14.8 Å². The van der Waals surface area contributed by atoms with Crippen molar-refractivity contribution >= 4 is 38.4 Å². The average Bonchev–Trinajstić information content (AvgIpc) is 3.13. The smallest absolute Gasteiger partial charge is 0.268 e. The van der Waals surface area contributed by atoms with E-state index in [1.807, 2.05) is 0 Å². The first-order valence-electron chi connectivity index (χ1n) is 9.90. The molecule has 2 amide bonds. The highest BCUT2D eigenvalue weighted by atomic mass is 32.2. The third-order valence-corrected chi connectivity index (χ3v) is 7.03. The fraction of sp³-hybridized carbons (Fsp3) is 0.333. The molecule has 32 heavy (non-hydrogen) atoms. The quantitative estimate of drug-likeness (QED) is 0.441. The van der Waals surface area contributed by atoms with Crippen LogP contribution in [0.1, 0.15) is 37.8 Å². The van der Waals surface area contributed by atoms with E-state index in [-0.39, 0.29) is 29.2 Å². The molecule has 4 rings (SSSR count). The van der Waals surface area contributed by atoms with Gasteiger partial charge in [-0.15, -0.1) is 0 Å². The van der Waals surface area contributed by atoms with Crippen LogP contribution >= 0.6 is 0 Å². The van der Waals surface area contributed by atoms with Crippen LogP contribution in [-0.2, 0) is 21.8 Å². The SMILES string of the molecule is COCCNS(=O)(=O)c1ccc2nc(C)c3c(c2c1)C(=O)N(c1c(C)nn(C)c1C)C3=O. The molecule has 168 valence electrons. The average molecular weight is 458 g/mol. The second kappa shape index (κ2) is 7.76. The first-order valence-corrected chi connectivity index (χ1v) is 11.4. The molecular formula is C21H23N5O5S. The summed E-state index contributed by atoms with van der Waals surface area (Å²) in [6.45, 7) is 5.48. The summed E-state index contributed by atoms with van der Waals surface area (Å²) >= 11 is 0. The number of carbonyl (C=O) groups excluding carboxylic acids is 2. The zero-order valence-corrected chi connectivity index (χ0v) is 19.2. The van der Waals surface area contributed by atoms with Crippen molar-refractivity contribution in [3.05, 3.63) is 46.4 Å². The normalized spacial score (nSPS) is 14.0. The Hall–Kier alpha value is -3.15. The molecule has 0 fully saturated rings. The van der Waals surface area contributed by atoms with Gasteiger partial charge in [-0.25, -0.2) is 18.0 Å². The number of ether oxygens (including phenoxy) is 1. The molecule has 11 heteroatoms. The van der Waals surface area contributed by atoms with E-state index >= 15 is 0 Å². The summed E-state index contributed by atoms with van der Waals surface area (Å²) in [5.74, 6) is -1.02. The molecule has 2 aromatic heterocycles. The first kappa shape index (κ1) is 22.1. The molecule has 0 saturated heterocycles. The van der Waals surface area contributed by atoms with E-state index in [0.717, 1.165) is 4.90 Å². The summed E-state index contributed by atoms with van der Waals surface area (Å²) in [6.07, 6.45) is 0.